The first kappa shape index (κ1) is 16.5. The molecule has 0 N–H and O–H groups in total. The number of carbonyl (C=O) groups excluding carboxylic acids is 1. The monoisotopic (exact) mass is 328 g/mol. The summed E-state index contributed by atoms with van der Waals surface area (Å²) in [5.41, 5.74) is 4.19. The van der Waals surface area contributed by atoms with E-state index >= 15 is 0 Å². The summed E-state index contributed by atoms with van der Waals surface area (Å²) in [6, 6.07) is 16.8. The van der Waals surface area contributed by atoms with Crippen molar-refractivity contribution in [1.82, 2.24) is 0 Å². The fourth-order valence-electron chi connectivity index (χ4n) is 3.08. The van der Waals surface area contributed by atoms with Gasteiger partial charge >= 0.3 is 5.97 Å². The summed E-state index contributed by atoms with van der Waals surface area (Å²) >= 11 is 0. The van der Waals surface area contributed by atoms with Crippen LogP contribution in [0, 0.1) is 22.7 Å². The zero-order valence-electron chi connectivity index (χ0n) is 13.9. The number of carbonyl (C=O) groups is 1. The normalized spacial score (nSPS) is 11.1. The molecule has 0 radical (unpaired) electrons. The van der Waals surface area contributed by atoms with Crippen LogP contribution in [0.4, 0.5) is 0 Å². The van der Waals surface area contributed by atoms with Crippen LogP contribution < -0.4 is 0 Å². The zero-order chi connectivity index (χ0) is 17.8. The SMILES string of the molecule is CCCCOC(=O)c1cccc2c1-c1ccccc1C2=C(C#N)C#N. The summed E-state index contributed by atoms with van der Waals surface area (Å²) in [7, 11) is 0. The smallest absolute Gasteiger partial charge is 0.338 e. The third kappa shape index (κ3) is 2.79. The molecule has 2 aromatic rings. The van der Waals surface area contributed by atoms with E-state index in [1.54, 1.807) is 12.1 Å². The summed E-state index contributed by atoms with van der Waals surface area (Å²) in [5.74, 6) is -0.378. The first-order chi connectivity index (χ1) is 12.2. The Bertz CT molecular complexity index is 943. The van der Waals surface area contributed by atoms with Gasteiger partial charge in [0.05, 0.1) is 12.2 Å². The lowest BCUT2D eigenvalue weighted by Gasteiger charge is -2.09. The van der Waals surface area contributed by atoms with E-state index in [-0.39, 0.29) is 11.5 Å². The van der Waals surface area contributed by atoms with Crippen LogP contribution in [-0.4, -0.2) is 12.6 Å². The molecule has 0 heterocycles. The molecule has 0 bridgehead atoms. The lowest BCUT2D eigenvalue weighted by atomic mass is 9.97. The first-order valence-corrected chi connectivity index (χ1v) is 8.17. The summed E-state index contributed by atoms with van der Waals surface area (Å²) in [6.45, 7) is 2.41. The molecular formula is C21H16N2O2. The van der Waals surface area contributed by atoms with Crippen LogP contribution in [0.1, 0.15) is 41.3 Å². The van der Waals surface area contributed by atoms with Crippen molar-refractivity contribution < 1.29 is 9.53 Å². The second-order valence-electron chi connectivity index (χ2n) is 5.74. The van der Waals surface area contributed by atoms with Gasteiger partial charge in [-0.3, -0.25) is 0 Å². The van der Waals surface area contributed by atoms with Crippen molar-refractivity contribution in [2.75, 3.05) is 6.61 Å². The Hall–Kier alpha value is -3.37. The molecule has 1 aliphatic carbocycles. The van der Waals surface area contributed by atoms with Crippen molar-refractivity contribution in [3.63, 3.8) is 0 Å². The Morgan fingerprint density at radius 3 is 2.36 bits per heavy atom. The van der Waals surface area contributed by atoms with Gasteiger partial charge in [0.1, 0.15) is 17.7 Å². The number of nitriles is 2. The molecule has 0 aliphatic heterocycles. The predicted octanol–water partition coefficient (Wildman–Crippen LogP) is 4.47. The molecule has 1 aliphatic rings. The third-order valence-electron chi connectivity index (χ3n) is 4.22. The Labute approximate surface area is 146 Å². The Kier molecular flexibility index (Phi) is 4.64. The standard InChI is InChI=1S/C21H16N2O2/c1-2-3-11-25-21(24)18-10-6-9-17-19(14(12-22)13-23)15-7-4-5-8-16(15)20(17)18/h4-10H,2-3,11H2,1H3. The number of nitrogens with zero attached hydrogens (tertiary/aromatic N) is 2. The van der Waals surface area contributed by atoms with Gasteiger partial charge in [-0.1, -0.05) is 49.7 Å². The van der Waals surface area contributed by atoms with Crippen LogP contribution in [0.2, 0.25) is 0 Å². The average molecular weight is 328 g/mol. The molecule has 0 atom stereocenters. The molecule has 4 nitrogen and oxygen atoms in total. The summed E-state index contributed by atoms with van der Waals surface area (Å²) < 4.78 is 5.37. The molecule has 25 heavy (non-hydrogen) atoms. The topological polar surface area (TPSA) is 73.9 Å². The molecule has 3 rings (SSSR count). The molecule has 0 amide bonds. The second kappa shape index (κ2) is 7.03. The molecule has 0 aromatic heterocycles. The van der Waals surface area contributed by atoms with Crippen LogP contribution >= 0.6 is 0 Å². The van der Waals surface area contributed by atoms with Crippen LogP contribution in [0.3, 0.4) is 0 Å². The van der Waals surface area contributed by atoms with E-state index in [1.807, 2.05) is 49.4 Å². The summed E-state index contributed by atoms with van der Waals surface area (Å²) in [6.07, 6.45) is 1.76. The number of ether oxygens (including phenoxy) is 1. The largest absolute Gasteiger partial charge is 0.462 e. The van der Waals surface area contributed by atoms with Crippen molar-refractivity contribution >= 4 is 11.5 Å². The molecule has 0 spiro atoms. The van der Waals surface area contributed by atoms with Gasteiger partial charge in [0, 0.05) is 11.1 Å². The molecule has 0 saturated carbocycles. The van der Waals surface area contributed by atoms with Gasteiger partial charge in [-0.25, -0.2) is 4.79 Å². The molecule has 4 heteroatoms. The van der Waals surface area contributed by atoms with Crippen molar-refractivity contribution in [1.29, 1.82) is 10.5 Å². The fourth-order valence-corrected chi connectivity index (χ4v) is 3.08. The van der Waals surface area contributed by atoms with Gasteiger partial charge in [-0.15, -0.1) is 0 Å². The van der Waals surface area contributed by atoms with E-state index in [0.717, 1.165) is 35.1 Å². The lowest BCUT2D eigenvalue weighted by Crippen LogP contribution is -2.08. The maximum atomic E-state index is 12.5. The first-order valence-electron chi connectivity index (χ1n) is 8.17. The lowest BCUT2D eigenvalue weighted by molar-refractivity contribution is 0.0500. The van der Waals surface area contributed by atoms with Gasteiger partial charge < -0.3 is 4.74 Å². The molecular weight excluding hydrogens is 312 g/mol. The van der Waals surface area contributed by atoms with Crippen molar-refractivity contribution in [2.45, 2.75) is 19.8 Å². The minimum Gasteiger partial charge on any atom is -0.462 e. The molecule has 0 saturated heterocycles. The van der Waals surface area contributed by atoms with E-state index < -0.39 is 0 Å². The number of hydrogen-bond acceptors (Lipinski definition) is 4. The van der Waals surface area contributed by atoms with E-state index in [1.165, 1.54) is 0 Å². The Morgan fingerprint density at radius 2 is 1.68 bits per heavy atom. The van der Waals surface area contributed by atoms with Gasteiger partial charge in [0.15, 0.2) is 0 Å². The maximum absolute atomic E-state index is 12.5. The predicted molar refractivity (Wildman–Crippen MR) is 94.3 cm³/mol. The Morgan fingerprint density at radius 1 is 1.00 bits per heavy atom. The van der Waals surface area contributed by atoms with Crippen LogP contribution in [-0.2, 0) is 4.74 Å². The average Bonchev–Trinajstić information content (AvgIpc) is 2.98. The number of unbranched alkanes of at least 4 members (excludes halogenated alkanes) is 1. The highest BCUT2D eigenvalue weighted by molar-refractivity contribution is 6.10. The number of hydrogen-bond donors (Lipinski definition) is 0. The number of benzene rings is 2. The second-order valence-corrected chi connectivity index (χ2v) is 5.74. The molecule has 0 fully saturated rings. The molecule has 2 aromatic carbocycles. The van der Waals surface area contributed by atoms with E-state index in [4.69, 9.17) is 4.74 Å². The van der Waals surface area contributed by atoms with Gasteiger partial charge in [0.2, 0.25) is 0 Å². The quantitative estimate of drug-likeness (QED) is 0.402. The van der Waals surface area contributed by atoms with Crippen LogP contribution in [0.25, 0.3) is 16.7 Å². The van der Waals surface area contributed by atoms with Crippen molar-refractivity contribution in [3.8, 4) is 23.3 Å². The number of esters is 1. The molecule has 0 unspecified atom stereocenters. The fraction of sp³-hybridized carbons (Fsp3) is 0.190. The van der Waals surface area contributed by atoms with Crippen LogP contribution in [0.15, 0.2) is 48.0 Å². The number of allylic oxidation sites excluding steroid dienone is 1. The third-order valence-corrected chi connectivity index (χ3v) is 4.22. The maximum Gasteiger partial charge on any atom is 0.338 e. The minimum absolute atomic E-state index is 0.0442. The number of fused-ring (bicyclic) bond motifs is 3. The Balaban J connectivity index is 2.21. The number of rotatable bonds is 4. The van der Waals surface area contributed by atoms with E-state index in [2.05, 4.69) is 0 Å². The molecule has 122 valence electrons. The highest BCUT2D eigenvalue weighted by atomic mass is 16.5. The summed E-state index contributed by atoms with van der Waals surface area (Å²) in [5, 5.41) is 18.7. The van der Waals surface area contributed by atoms with Gasteiger partial charge in [-0.2, -0.15) is 10.5 Å². The van der Waals surface area contributed by atoms with Gasteiger partial charge in [0.25, 0.3) is 0 Å². The zero-order valence-corrected chi connectivity index (χ0v) is 13.9. The van der Waals surface area contributed by atoms with E-state index in [9.17, 15) is 15.3 Å². The highest BCUT2D eigenvalue weighted by Gasteiger charge is 2.30. The van der Waals surface area contributed by atoms with Gasteiger partial charge in [-0.05, 0) is 29.2 Å². The minimum atomic E-state index is -0.378. The van der Waals surface area contributed by atoms with Crippen molar-refractivity contribution in [2.24, 2.45) is 0 Å². The highest BCUT2D eigenvalue weighted by Crippen LogP contribution is 2.47. The van der Waals surface area contributed by atoms with Crippen LogP contribution in [0.5, 0.6) is 0 Å². The van der Waals surface area contributed by atoms with E-state index in [0.29, 0.717) is 17.7 Å². The van der Waals surface area contributed by atoms with Crippen molar-refractivity contribution in [3.05, 3.63) is 64.7 Å². The summed E-state index contributed by atoms with van der Waals surface area (Å²) in [4.78, 5) is 12.5.